The molecule has 48 heavy (non-hydrogen) atoms. The number of halogens is 2. The Labute approximate surface area is 273 Å². The summed E-state index contributed by atoms with van der Waals surface area (Å²) >= 11 is 0. The molecule has 0 saturated carbocycles. The van der Waals surface area contributed by atoms with Gasteiger partial charge in [-0.15, -0.1) is 6.42 Å². The topological polar surface area (TPSA) is 117 Å². The number of benzene rings is 3. The van der Waals surface area contributed by atoms with E-state index in [1.54, 1.807) is 6.92 Å². The van der Waals surface area contributed by atoms with Gasteiger partial charge in [-0.3, -0.25) is 4.90 Å². The number of aromatic hydroxyl groups is 1. The number of rotatable bonds is 7. The summed E-state index contributed by atoms with van der Waals surface area (Å²) in [5.74, 6) is 1.93. The molecule has 3 aromatic carbocycles. The Morgan fingerprint density at radius 2 is 2.08 bits per heavy atom. The monoisotopic (exact) mass is 647 g/mol. The Bertz CT molecular complexity index is 2360. The number of hydrogen-bond donors (Lipinski definition) is 3. The van der Waals surface area contributed by atoms with Crippen molar-refractivity contribution in [2.45, 2.75) is 44.4 Å². The highest BCUT2D eigenvalue weighted by molar-refractivity contribution is 6.03. The third-order valence-electron chi connectivity index (χ3n) is 9.78. The first-order valence-electron chi connectivity index (χ1n) is 15.8. The van der Waals surface area contributed by atoms with Gasteiger partial charge in [-0.05, 0) is 61.5 Å². The molecule has 0 radical (unpaired) electrons. The number of para-hydroxylation sites is 1. The predicted octanol–water partition coefficient (Wildman–Crippen LogP) is 6.59. The first-order valence-corrected chi connectivity index (χ1v) is 15.8. The van der Waals surface area contributed by atoms with Crippen molar-refractivity contribution in [2.75, 3.05) is 25.0 Å². The van der Waals surface area contributed by atoms with Crippen LogP contribution in [0.15, 0.2) is 63.9 Å². The van der Waals surface area contributed by atoms with Gasteiger partial charge in [-0.2, -0.15) is 9.97 Å². The minimum absolute atomic E-state index is 0.0169. The zero-order chi connectivity index (χ0) is 33.2. The van der Waals surface area contributed by atoms with Crippen LogP contribution in [-0.2, 0) is 6.54 Å². The van der Waals surface area contributed by atoms with E-state index in [0.717, 1.165) is 35.9 Å². The number of phenols is 1. The van der Waals surface area contributed by atoms with Crippen LogP contribution >= 0.6 is 0 Å². The molecule has 2 aliphatic rings. The highest BCUT2D eigenvalue weighted by Gasteiger charge is 2.49. The van der Waals surface area contributed by atoms with Crippen molar-refractivity contribution in [1.29, 1.82) is 0 Å². The maximum Gasteiger partial charge on any atom is 0.349 e. The summed E-state index contributed by atoms with van der Waals surface area (Å²) in [5.41, 5.74) is 1.62. The number of phenolic OH excluding ortho intramolecular Hbond substituents is 1. The molecule has 9 nitrogen and oxygen atoms in total. The summed E-state index contributed by atoms with van der Waals surface area (Å²) in [6.07, 6.45) is 8.81. The lowest BCUT2D eigenvalue weighted by Crippen LogP contribution is -2.43. The lowest BCUT2D eigenvalue weighted by atomic mass is 9.95. The van der Waals surface area contributed by atoms with Gasteiger partial charge < -0.3 is 24.6 Å². The number of nitrogens with zero attached hydrogens (tertiary/aromatic N) is 3. The Kier molecular flexibility index (Phi) is 7.07. The number of hydrogen-bond acceptors (Lipinski definition) is 8. The smallest absolute Gasteiger partial charge is 0.349 e. The lowest BCUT2D eigenvalue weighted by Gasteiger charge is -2.30. The molecule has 11 heteroatoms. The Hall–Kier alpha value is -5.47. The highest BCUT2D eigenvalue weighted by atomic mass is 19.1. The standard InChI is InChI=1S/C37H31F2N5O4/c1-3-25-28(39)10-9-21-13-24(45)14-27(30(21)25)33-20(2)32-31(35(46)48-33)34(41-17-22-16-40-29-8-5-4-7-26(22)29)43-36(42-32)47-19-37-11-6-12-44(37)18-23(38)15-37/h1,4-5,7-10,13-14,16,23,40,45H,6,11-12,15,17-19H2,2H3,(H,41,42,43)/t23-,37+/m1/s1. The number of alkyl halides is 1. The van der Waals surface area contributed by atoms with Gasteiger partial charge in [0.2, 0.25) is 0 Å². The van der Waals surface area contributed by atoms with Crippen LogP contribution in [0.5, 0.6) is 11.8 Å². The van der Waals surface area contributed by atoms with Crippen LogP contribution in [0.2, 0.25) is 0 Å². The first-order chi connectivity index (χ1) is 23.2. The van der Waals surface area contributed by atoms with Crippen LogP contribution in [0.4, 0.5) is 14.6 Å². The minimum atomic E-state index is -0.927. The summed E-state index contributed by atoms with van der Waals surface area (Å²) in [7, 11) is 0. The average Bonchev–Trinajstić information content (AvgIpc) is 3.76. The number of fused-ring (bicyclic) bond motifs is 4. The summed E-state index contributed by atoms with van der Waals surface area (Å²) in [5, 5.41) is 15.8. The van der Waals surface area contributed by atoms with Crippen molar-refractivity contribution >= 4 is 38.4 Å². The maximum absolute atomic E-state index is 14.9. The van der Waals surface area contributed by atoms with E-state index >= 15 is 0 Å². The fourth-order valence-corrected chi connectivity index (χ4v) is 7.53. The number of terminal acetylenes is 1. The normalized spacial score (nSPS) is 19.2. The highest BCUT2D eigenvalue weighted by Crippen LogP contribution is 2.41. The molecule has 0 aliphatic carbocycles. The van der Waals surface area contributed by atoms with E-state index in [-0.39, 0.29) is 52.0 Å². The van der Waals surface area contributed by atoms with Crippen molar-refractivity contribution in [3.05, 3.63) is 87.7 Å². The van der Waals surface area contributed by atoms with Gasteiger partial charge in [-0.25, -0.2) is 13.6 Å². The molecule has 242 valence electrons. The summed E-state index contributed by atoms with van der Waals surface area (Å²) < 4.78 is 41.6. The van der Waals surface area contributed by atoms with E-state index in [4.69, 9.17) is 20.6 Å². The molecule has 6 aromatic rings. The summed E-state index contributed by atoms with van der Waals surface area (Å²) in [6, 6.07) is 13.5. The molecule has 3 aromatic heterocycles. The summed E-state index contributed by atoms with van der Waals surface area (Å²) in [6.45, 7) is 3.41. The number of aromatic nitrogens is 3. The van der Waals surface area contributed by atoms with Crippen LogP contribution < -0.4 is 15.7 Å². The quantitative estimate of drug-likeness (QED) is 0.166. The third-order valence-corrected chi connectivity index (χ3v) is 9.78. The zero-order valence-electron chi connectivity index (χ0n) is 26.1. The van der Waals surface area contributed by atoms with E-state index in [0.29, 0.717) is 35.8 Å². The molecule has 2 atom stereocenters. The molecule has 0 spiro atoms. The van der Waals surface area contributed by atoms with Gasteiger partial charge in [0.15, 0.2) is 0 Å². The fourth-order valence-electron chi connectivity index (χ4n) is 7.53. The first kappa shape index (κ1) is 29.9. The van der Waals surface area contributed by atoms with E-state index in [9.17, 15) is 18.7 Å². The largest absolute Gasteiger partial charge is 0.508 e. The Morgan fingerprint density at radius 1 is 1.23 bits per heavy atom. The van der Waals surface area contributed by atoms with Crippen molar-refractivity contribution < 1.29 is 23.0 Å². The van der Waals surface area contributed by atoms with Gasteiger partial charge in [0, 0.05) is 53.1 Å². The number of nitrogens with one attached hydrogen (secondary N) is 2. The van der Waals surface area contributed by atoms with Gasteiger partial charge in [0.05, 0.1) is 16.6 Å². The van der Waals surface area contributed by atoms with Gasteiger partial charge >= 0.3 is 11.6 Å². The third kappa shape index (κ3) is 4.83. The van der Waals surface area contributed by atoms with Crippen molar-refractivity contribution in [2.24, 2.45) is 0 Å². The van der Waals surface area contributed by atoms with Gasteiger partial charge in [0.1, 0.15) is 41.3 Å². The Morgan fingerprint density at radius 3 is 2.94 bits per heavy atom. The summed E-state index contributed by atoms with van der Waals surface area (Å²) in [4.78, 5) is 28.6. The molecule has 0 unspecified atom stereocenters. The zero-order valence-corrected chi connectivity index (χ0v) is 26.1. The minimum Gasteiger partial charge on any atom is -0.508 e. The van der Waals surface area contributed by atoms with Crippen molar-refractivity contribution in [3.63, 3.8) is 0 Å². The second-order valence-electron chi connectivity index (χ2n) is 12.7. The van der Waals surface area contributed by atoms with Crippen molar-refractivity contribution in [3.8, 4) is 35.4 Å². The maximum atomic E-state index is 14.9. The van der Waals surface area contributed by atoms with Crippen LogP contribution in [-0.4, -0.2) is 56.4 Å². The molecule has 2 fully saturated rings. The molecular formula is C37H31F2N5O4. The molecule has 2 aliphatic heterocycles. The van der Waals surface area contributed by atoms with E-state index in [1.165, 1.54) is 24.3 Å². The SMILES string of the molecule is C#Cc1c(F)ccc2cc(O)cc(-c3oc(=O)c4c(NCc5c[nH]c6ccccc56)nc(OC[C@@]56CCCN5C[C@H](F)C6)nc4c3C)c12. The molecule has 3 N–H and O–H groups in total. The molecule has 2 saturated heterocycles. The molecule has 0 bridgehead atoms. The number of aromatic amines is 1. The second kappa shape index (κ2) is 11.3. The number of anilines is 1. The number of ether oxygens (including phenoxy) is 1. The number of H-pyrrole nitrogens is 1. The number of aryl methyl sites for hydroxylation is 1. The molecular weight excluding hydrogens is 616 g/mol. The van der Waals surface area contributed by atoms with Crippen LogP contribution in [0.3, 0.4) is 0 Å². The fraction of sp³-hybridized carbons (Fsp3) is 0.270. The molecule has 8 rings (SSSR count). The van der Waals surface area contributed by atoms with Crippen molar-refractivity contribution in [1.82, 2.24) is 19.9 Å². The van der Waals surface area contributed by atoms with Gasteiger partial charge in [0.25, 0.3) is 0 Å². The van der Waals surface area contributed by atoms with Crippen LogP contribution in [0, 0.1) is 25.1 Å². The molecule has 5 heterocycles. The van der Waals surface area contributed by atoms with Gasteiger partial charge in [-0.1, -0.05) is 30.2 Å². The van der Waals surface area contributed by atoms with Crippen LogP contribution in [0.25, 0.3) is 43.9 Å². The Balaban J connectivity index is 1.28. The predicted molar refractivity (Wildman–Crippen MR) is 179 cm³/mol. The van der Waals surface area contributed by atoms with E-state index < -0.39 is 23.2 Å². The van der Waals surface area contributed by atoms with Crippen LogP contribution in [0.1, 0.15) is 36.0 Å². The average molecular weight is 648 g/mol. The second-order valence-corrected chi connectivity index (χ2v) is 12.7. The van der Waals surface area contributed by atoms with E-state index in [1.807, 2.05) is 30.5 Å². The van der Waals surface area contributed by atoms with E-state index in [2.05, 4.69) is 26.1 Å². The lowest BCUT2D eigenvalue weighted by molar-refractivity contribution is 0.107. The molecule has 0 amide bonds.